The van der Waals surface area contributed by atoms with E-state index in [0.29, 0.717) is 47.5 Å². The molecule has 0 aliphatic carbocycles. The molecule has 0 aromatic heterocycles. The number of nitrogens with zero attached hydrogens (tertiary/aromatic N) is 1. The summed E-state index contributed by atoms with van der Waals surface area (Å²) in [6, 6.07) is 29.2. The van der Waals surface area contributed by atoms with Crippen LogP contribution in [0, 0.1) is 0 Å². The van der Waals surface area contributed by atoms with Crippen LogP contribution in [0.1, 0.15) is 38.3 Å². The first-order chi connectivity index (χ1) is 20.4. The van der Waals surface area contributed by atoms with Gasteiger partial charge in [-0.15, -0.1) is 0 Å². The predicted octanol–water partition coefficient (Wildman–Crippen LogP) is 5.46. The Morgan fingerprint density at radius 1 is 0.714 bits per heavy atom. The fourth-order valence-corrected chi connectivity index (χ4v) is 4.65. The van der Waals surface area contributed by atoms with E-state index in [1.54, 1.807) is 49.5 Å². The SMILES string of the molecule is COc1ccc(CCN(CCC(=O)O)C(=O)c2ccccc2-c2ccccc2C(=O)NCc2cccc(OC)c2)cc1. The van der Waals surface area contributed by atoms with Gasteiger partial charge in [0.25, 0.3) is 11.8 Å². The van der Waals surface area contributed by atoms with Crippen LogP contribution in [0.2, 0.25) is 0 Å². The van der Waals surface area contributed by atoms with Crippen molar-refractivity contribution in [1.29, 1.82) is 0 Å². The minimum atomic E-state index is -0.983. The molecule has 0 fully saturated rings. The minimum absolute atomic E-state index is 0.0569. The van der Waals surface area contributed by atoms with Crippen molar-refractivity contribution < 1.29 is 29.0 Å². The monoisotopic (exact) mass is 566 g/mol. The number of nitrogens with one attached hydrogen (secondary N) is 1. The summed E-state index contributed by atoms with van der Waals surface area (Å²) in [6.07, 6.45) is 0.362. The molecule has 2 amide bonds. The highest BCUT2D eigenvalue weighted by Gasteiger charge is 2.22. The third kappa shape index (κ3) is 7.75. The number of hydrogen-bond acceptors (Lipinski definition) is 5. The average Bonchev–Trinajstić information content (AvgIpc) is 3.03. The Hall–Kier alpha value is -5.11. The number of benzene rings is 4. The molecule has 4 aromatic rings. The van der Waals surface area contributed by atoms with Gasteiger partial charge >= 0.3 is 5.97 Å². The molecule has 0 saturated carbocycles. The van der Waals surface area contributed by atoms with E-state index in [-0.39, 0.29) is 24.8 Å². The second-order valence-electron chi connectivity index (χ2n) is 9.66. The van der Waals surface area contributed by atoms with E-state index in [4.69, 9.17) is 9.47 Å². The normalized spacial score (nSPS) is 10.5. The van der Waals surface area contributed by atoms with E-state index in [0.717, 1.165) is 16.9 Å². The lowest BCUT2D eigenvalue weighted by Gasteiger charge is -2.24. The van der Waals surface area contributed by atoms with Gasteiger partial charge in [0.2, 0.25) is 0 Å². The van der Waals surface area contributed by atoms with Crippen LogP contribution in [0.5, 0.6) is 11.5 Å². The fourth-order valence-electron chi connectivity index (χ4n) is 4.65. The number of carboxylic acids is 1. The Morgan fingerprint density at radius 3 is 2.02 bits per heavy atom. The first kappa shape index (κ1) is 29.9. The summed E-state index contributed by atoms with van der Waals surface area (Å²) in [7, 11) is 3.19. The first-order valence-electron chi connectivity index (χ1n) is 13.6. The molecule has 0 saturated heterocycles. The standard InChI is InChI=1S/C34H34N2O6/c1-41-26-16-14-24(15-17-26)18-20-36(21-19-32(37)38)34(40)31-13-6-4-11-29(31)28-10-3-5-12-30(28)33(39)35-23-25-8-7-9-27(22-25)42-2/h3-17,22H,18-21,23H2,1-2H3,(H,35,39)(H,37,38). The lowest BCUT2D eigenvalue weighted by atomic mass is 9.94. The van der Waals surface area contributed by atoms with Crippen LogP contribution in [-0.4, -0.2) is 55.1 Å². The maximum absolute atomic E-state index is 13.9. The molecule has 216 valence electrons. The summed E-state index contributed by atoms with van der Waals surface area (Å²) < 4.78 is 10.5. The van der Waals surface area contributed by atoms with Gasteiger partial charge in [0, 0.05) is 30.8 Å². The third-order valence-corrected chi connectivity index (χ3v) is 6.92. The molecule has 0 bridgehead atoms. The Balaban J connectivity index is 1.58. The summed E-state index contributed by atoms with van der Waals surface area (Å²) in [4.78, 5) is 40.2. The van der Waals surface area contributed by atoms with Crippen LogP contribution < -0.4 is 14.8 Å². The minimum Gasteiger partial charge on any atom is -0.497 e. The molecule has 4 aromatic carbocycles. The number of carbonyl (C=O) groups excluding carboxylic acids is 2. The maximum Gasteiger partial charge on any atom is 0.305 e. The smallest absolute Gasteiger partial charge is 0.305 e. The Morgan fingerprint density at radius 2 is 1.36 bits per heavy atom. The predicted molar refractivity (Wildman–Crippen MR) is 161 cm³/mol. The van der Waals surface area contributed by atoms with Gasteiger partial charge in [-0.1, -0.05) is 60.7 Å². The van der Waals surface area contributed by atoms with Crippen LogP contribution in [0.15, 0.2) is 97.1 Å². The number of amides is 2. The van der Waals surface area contributed by atoms with Crippen LogP contribution in [0.3, 0.4) is 0 Å². The molecule has 4 rings (SSSR count). The van der Waals surface area contributed by atoms with Crippen molar-refractivity contribution in [3.63, 3.8) is 0 Å². The lowest BCUT2D eigenvalue weighted by molar-refractivity contribution is -0.137. The number of hydrogen-bond donors (Lipinski definition) is 2. The molecule has 8 heteroatoms. The van der Waals surface area contributed by atoms with Gasteiger partial charge in [0.15, 0.2) is 0 Å². The molecule has 0 heterocycles. The van der Waals surface area contributed by atoms with Gasteiger partial charge in [-0.25, -0.2) is 0 Å². The molecule has 0 unspecified atom stereocenters. The molecule has 8 nitrogen and oxygen atoms in total. The first-order valence-corrected chi connectivity index (χ1v) is 13.6. The van der Waals surface area contributed by atoms with E-state index in [1.165, 1.54) is 0 Å². The molecule has 2 N–H and O–H groups in total. The Bertz CT molecular complexity index is 1530. The average molecular weight is 567 g/mol. The molecular formula is C34H34N2O6. The van der Waals surface area contributed by atoms with Crippen LogP contribution in [0.25, 0.3) is 11.1 Å². The molecular weight excluding hydrogens is 532 g/mol. The van der Waals surface area contributed by atoms with Gasteiger partial charge in [0.05, 0.1) is 20.6 Å². The van der Waals surface area contributed by atoms with Gasteiger partial charge in [-0.3, -0.25) is 14.4 Å². The molecule has 0 aliphatic heterocycles. The van der Waals surface area contributed by atoms with Crippen molar-refractivity contribution in [3.05, 3.63) is 119 Å². The van der Waals surface area contributed by atoms with E-state index in [2.05, 4.69) is 5.32 Å². The zero-order valence-corrected chi connectivity index (χ0v) is 23.7. The van der Waals surface area contributed by atoms with E-state index in [1.807, 2.05) is 66.7 Å². The third-order valence-electron chi connectivity index (χ3n) is 6.92. The van der Waals surface area contributed by atoms with Crippen LogP contribution >= 0.6 is 0 Å². The largest absolute Gasteiger partial charge is 0.497 e. The van der Waals surface area contributed by atoms with E-state index >= 15 is 0 Å². The molecule has 42 heavy (non-hydrogen) atoms. The topological polar surface area (TPSA) is 105 Å². The van der Waals surface area contributed by atoms with Crippen molar-refractivity contribution in [2.24, 2.45) is 0 Å². The van der Waals surface area contributed by atoms with Crippen LogP contribution in [0.4, 0.5) is 0 Å². The van der Waals surface area contributed by atoms with E-state index < -0.39 is 5.97 Å². The van der Waals surface area contributed by atoms with Crippen molar-refractivity contribution >= 4 is 17.8 Å². The zero-order chi connectivity index (χ0) is 29.9. The quantitative estimate of drug-likeness (QED) is 0.223. The Kier molecular flexibility index (Phi) is 10.3. The van der Waals surface area contributed by atoms with Gasteiger partial charge in [-0.05, 0) is 65.1 Å². The van der Waals surface area contributed by atoms with Crippen LogP contribution in [-0.2, 0) is 17.8 Å². The maximum atomic E-state index is 13.9. The highest BCUT2D eigenvalue weighted by Crippen LogP contribution is 2.29. The zero-order valence-electron chi connectivity index (χ0n) is 23.7. The van der Waals surface area contributed by atoms with Crippen molar-refractivity contribution in [1.82, 2.24) is 10.2 Å². The summed E-state index contributed by atoms with van der Waals surface area (Å²) in [5, 5.41) is 12.3. The number of methoxy groups -OCH3 is 2. The summed E-state index contributed by atoms with van der Waals surface area (Å²) in [5.41, 5.74) is 3.91. The van der Waals surface area contributed by atoms with Gasteiger partial charge < -0.3 is 24.8 Å². The van der Waals surface area contributed by atoms with Crippen molar-refractivity contribution in [2.75, 3.05) is 27.3 Å². The summed E-state index contributed by atoms with van der Waals surface area (Å²) in [6.45, 7) is 0.691. The number of carbonyl (C=O) groups is 3. The number of carboxylic acid groups (broad SMARTS) is 1. The van der Waals surface area contributed by atoms with Crippen molar-refractivity contribution in [2.45, 2.75) is 19.4 Å². The molecule has 0 radical (unpaired) electrons. The van der Waals surface area contributed by atoms with Gasteiger partial charge in [-0.2, -0.15) is 0 Å². The highest BCUT2D eigenvalue weighted by molar-refractivity contribution is 6.06. The molecule has 0 aliphatic rings. The molecule has 0 spiro atoms. The van der Waals surface area contributed by atoms with E-state index in [9.17, 15) is 19.5 Å². The highest BCUT2D eigenvalue weighted by atomic mass is 16.5. The second-order valence-corrected chi connectivity index (χ2v) is 9.66. The fraction of sp³-hybridized carbons (Fsp3) is 0.206. The number of rotatable bonds is 13. The lowest BCUT2D eigenvalue weighted by Crippen LogP contribution is -2.35. The second kappa shape index (κ2) is 14.5. The van der Waals surface area contributed by atoms with Crippen molar-refractivity contribution in [3.8, 4) is 22.6 Å². The Labute approximate surface area is 245 Å². The van der Waals surface area contributed by atoms with Gasteiger partial charge in [0.1, 0.15) is 11.5 Å². The summed E-state index contributed by atoms with van der Waals surface area (Å²) >= 11 is 0. The summed E-state index contributed by atoms with van der Waals surface area (Å²) in [5.74, 6) is -0.125. The number of ether oxygens (including phenoxy) is 2. The molecule has 0 atom stereocenters. The number of aliphatic carboxylic acids is 1.